The van der Waals surface area contributed by atoms with Gasteiger partial charge in [0.25, 0.3) is 5.92 Å². The summed E-state index contributed by atoms with van der Waals surface area (Å²) in [5, 5.41) is 3.71. The molecule has 1 aliphatic rings. The fraction of sp³-hybridized carbons (Fsp3) is 0.500. The molecule has 1 saturated heterocycles. The van der Waals surface area contributed by atoms with Crippen LogP contribution in [0.1, 0.15) is 24.9 Å². The predicted molar refractivity (Wildman–Crippen MR) is 60.9 cm³/mol. The summed E-state index contributed by atoms with van der Waals surface area (Å²) in [7, 11) is 0. The Labute approximate surface area is 98.8 Å². The molecule has 0 saturated carbocycles. The summed E-state index contributed by atoms with van der Waals surface area (Å²) < 4.78 is 27.1. The van der Waals surface area contributed by atoms with Crippen molar-refractivity contribution in [1.82, 2.24) is 5.32 Å². The lowest BCUT2D eigenvalue weighted by Crippen LogP contribution is -2.44. The van der Waals surface area contributed by atoms with Crippen LogP contribution in [-0.4, -0.2) is 12.5 Å². The maximum atomic E-state index is 13.6. The molecule has 0 aliphatic carbocycles. The lowest BCUT2D eigenvalue weighted by Gasteiger charge is -2.35. The Morgan fingerprint density at radius 1 is 1.44 bits per heavy atom. The van der Waals surface area contributed by atoms with Gasteiger partial charge in [0.2, 0.25) is 0 Å². The van der Waals surface area contributed by atoms with E-state index in [0.29, 0.717) is 11.6 Å². The molecule has 2 unspecified atom stereocenters. The van der Waals surface area contributed by atoms with E-state index in [9.17, 15) is 8.78 Å². The zero-order valence-corrected chi connectivity index (χ0v) is 9.77. The normalized spacial score (nSPS) is 29.0. The molecule has 1 fully saturated rings. The second-order valence-corrected chi connectivity index (χ2v) is 4.82. The molecule has 88 valence electrons. The van der Waals surface area contributed by atoms with Crippen LogP contribution in [0, 0.1) is 5.92 Å². The van der Waals surface area contributed by atoms with Crippen molar-refractivity contribution in [2.24, 2.45) is 5.92 Å². The van der Waals surface area contributed by atoms with Crippen molar-refractivity contribution < 1.29 is 8.78 Å². The average molecular weight is 246 g/mol. The van der Waals surface area contributed by atoms with E-state index in [2.05, 4.69) is 5.32 Å². The van der Waals surface area contributed by atoms with Gasteiger partial charge in [-0.05, 0) is 17.7 Å². The molecule has 0 bridgehead atoms. The molecule has 1 aliphatic heterocycles. The van der Waals surface area contributed by atoms with E-state index < -0.39 is 11.8 Å². The van der Waals surface area contributed by atoms with Crippen molar-refractivity contribution in [3.05, 3.63) is 34.9 Å². The first kappa shape index (κ1) is 11.8. The van der Waals surface area contributed by atoms with Crippen molar-refractivity contribution in [3.8, 4) is 0 Å². The van der Waals surface area contributed by atoms with Gasteiger partial charge in [-0.25, -0.2) is 8.78 Å². The van der Waals surface area contributed by atoms with Gasteiger partial charge in [0.1, 0.15) is 0 Å². The molecule has 0 radical (unpaired) electrons. The van der Waals surface area contributed by atoms with Gasteiger partial charge in [0.05, 0.1) is 0 Å². The van der Waals surface area contributed by atoms with Gasteiger partial charge in [-0.15, -0.1) is 0 Å². The van der Waals surface area contributed by atoms with E-state index in [1.807, 2.05) is 6.07 Å². The van der Waals surface area contributed by atoms with Crippen LogP contribution < -0.4 is 5.32 Å². The maximum Gasteiger partial charge on any atom is 0.253 e. The van der Waals surface area contributed by atoms with E-state index in [0.717, 1.165) is 5.56 Å². The third kappa shape index (κ3) is 2.36. The first-order valence-corrected chi connectivity index (χ1v) is 5.73. The van der Waals surface area contributed by atoms with Crippen LogP contribution in [0.4, 0.5) is 8.78 Å². The van der Waals surface area contributed by atoms with Crippen molar-refractivity contribution in [1.29, 1.82) is 0 Å². The Hall–Kier alpha value is -0.670. The van der Waals surface area contributed by atoms with Gasteiger partial charge >= 0.3 is 0 Å². The zero-order chi connectivity index (χ0) is 11.8. The first-order chi connectivity index (χ1) is 7.49. The molecule has 0 aromatic heterocycles. The summed E-state index contributed by atoms with van der Waals surface area (Å²) in [6.07, 6.45) is -0.158. The number of benzene rings is 1. The molecular weight excluding hydrogens is 232 g/mol. The summed E-state index contributed by atoms with van der Waals surface area (Å²) in [6, 6.07) is 6.80. The molecule has 1 heterocycles. The maximum absolute atomic E-state index is 13.6. The highest BCUT2D eigenvalue weighted by Gasteiger charge is 2.42. The molecule has 0 amide bonds. The third-order valence-electron chi connectivity index (χ3n) is 3.12. The predicted octanol–water partition coefficient (Wildman–Crippen LogP) is 3.65. The van der Waals surface area contributed by atoms with Gasteiger partial charge in [-0.3, -0.25) is 0 Å². The monoisotopic (exact) mass is 245 g/mol. The number of piperidine rings is 1. The quantitative estimate of drug-likeness (QED) is 0.797. The summed E-state index contributed by atoms with van der Waals surface area (Å²) in [4.78, 5) is 0. The minimum atomic E-state index is -2.60. The van der Waals surface area contributed by atoms with E-state index in [1.54, 1.807) is 25.1 Å². The first-order valence-electron chi connectivity index (χ1n) is 5.36. The molecule has 4 heteroatoms. The van der Waals surface area contributed by atoms with E-state index >= 15 is 0 Å². The topological polar surface area (TPSA) is 12.0 Å². The zero-order valence-electron chi connectivity index (χ0n) is 9.01. The molecule has 1 aromatic rings. The van der Waals surface area contributed by atoms with Crippen molar-refractivity contribution in [2.45, 2.75) is 25.3 Å². The number of halogens is 3. The van der Waals surface area contributed by atoms with E-state index in [4.69, 9.17) is 11.6 Å². The van der Waals surface area contributed by atoms with Gasteiger partial charge < -0.3 is 5.32 Å². The van der Waals surface area contributed by atoms with Crippen molar-refractivity contribution in [3.63, 3.8) is 0 Å². The highest BCUT2D eigenvalue weighted by molar-refractivity contribution is 6.30. The largest absolute Gasteiger partial charge is 0.309 e. The van der Waals surface area contributed by atoms with Gasteiger partial charge in [0, 0.05) is 29.9 Å². The Morgan fingerprint density at radius 2 is 2.19 bits per heavy atom. The molecule has 2 rings (SSSR count). The highest BCUT2D eigenvalue weighted by Crippen LogP contribution is 2.38. The van der Waals surface area contributed by atoms with Crippen molar-refractivity contribution >= 4 is 11.6 Å². The van der Waals surface area contributed by atoms with Crippen molar-refractivity contribution in [2.75, 3.05) is 6.54 Å². The van der Waals surface area contributed by atoms with Gasteiger partial charge in [-0.1, -0.05) is 30.7 Å². The van der Waals surface area contributed by atoms with Crippen LogP contribution in [0.3, 0.4) is 0 Å². The minimum absolute atomic E-state index is 0.158. The Kier molecular flexibility index (Phi) is 3.17. The molecular formula is C12H14ClF2N. The van der Waals surface area contributed by atoms with E-state index in [1.165, 1.54) is 0 Å². The smallest absolute Gasteiger partial charge is 0.253 e. The number of nitrogens with one attached hydrogen (secondary N) is 1. The fourth-order valence-corrected chi connectivity index (χ4v) is 2.17. The summed E-state index contributed by atoms with van der Waals surface area (Å²) in [6.45, 7) is 1.91. The lowest BCUT2D eigenvalue weighted by atomic mass is 9.88. The Morgan fingerprint density at radius 3 is 2.81 bits per heavy atom. The molecule has 1 aromatic carbocycles. The van der Waals surface area contributed by atoms with E-state index in [-0.39, 0.29) is 12.5 Å². The summed E-state index contributed by atoms with van der Waals surface area (Å²) in [5.74, 6) is -3.21. The standard InChI is InChI=1S/C12H14ClF2N/c1-8-7-16-11(6-12(8,14)15)9-3-2-4-10(13)5-9/h2-5,8,11,16H,6-7H2,1H3. The highest BCUT2D eigenvalue weighted by atomic mass is 35.5. The Bertz CT molecular complexity index is 381. The second kappa shape index (κ2) is 4.30. The SMILES string of the molecule is CC1CNC(c2cccc(Cl)c2)CC1(F)F. The van der Waals surface area contributed by atoms with Crippen LogP contribution in [0.5, 0.6) is 0 Å². The lowest BCUT2D eigenvalue weighted by molar-refractivity contribution is -0.0841. The minimum Gasteiger partial charge on any atom is -0.309 e. The fourth-order valence-electron chi connectivity index (χ4n) is 1.97. The van der Waals surface area contributed by atoms with Crippen LogP contribution in [0.15, 0.2) is 24.3 Å². The second-order valence-electron chi connectivity index (χ2n) is 4.38. The number of alkyl halides is 2. The third-order valence-corrected chi connectivity index (χ3v) is 3.35. The van der Waals surface area contributed by atoms with Crippen LogP contribution >= 0.6 is 11.6 Å². The molecule has 1 N–H and O–H groups in total. The Balaban J connectivity index is 2.18. The van der Waals surface area contributed by atoms with Gasteiger partial charge in [-0.2, -0.15) is 0 Å². The van der Waals surface area contributed by atoms with Crippen LogP contribution in [-0.2, 0) is 0 Å². The summed E-state index contributed by atoms with van der Waals surface area (Å²) in [5.41, 5.74) is 0.832. The molecule has 0 spiro atoms. The average Bonchev–Trinajstić information content (AvgIpc) is 2.22. The van der Waals surface area contributed by atoms with Crippen LogP contribution in [0.25, 0.3) is 0 Å². The summed E-state index contributed by atoms with van der Waals surface area (Å²) >= 11 is 5.85. The number of hydrogen-bond donors (Lipinski definition) is 1. The molecule has 2 atom stereocenters. The van der Waals surface area contributed by atoms with Gasteiger partial charge in [0.15, 0.2) is 0 Å². The van der Waals surface area contributed by atoms with Crippen LogP contribution in [0.2, 0.25) is 5.02 Å². The number of hydrogen-bond acceptors (Lipinski definition) is 1. The molecule has 1 nitrogen and oxygen atoms in total. The molecule has 16 heavy (non-hydrogen) atoms. The number of rotatable bonds is 1.